The minimum absolute atomic E-state index is 0.143. The average Bonchev–Trinajstić information content (AvgIpc) is 3.06. The molecule has 1 aliphatic heterocycles. The number of carbonyl (C=O) groups excluding carboxylic acids is 1. The molecule has 0 spiro atoms. The van der Waals surface area contributed by atoms with Gasteiger partial charge in [-0.05, 0) is 35.9 Å². The van der Waals surface area contributed by atoms with Crippen LogP contribution in [0, 0.1) is 5.82 Å². The smallest absolute Gasteiger partial charge is 0.475 e. The maximum absolute atomic E-state index is 13.2. The fraction of sp³-hybridized carbons (Fsp3) is 0.250. The fourth-order valence-corrected chi connectivity index (χ4v) is 3.36. The van der Waals surface area contributed by atoms with E-state index in [2.05, 4.69) is 20.6 Å². The molecule has 170 valence electrons. The molecule has 1 aliphatic rings. The van der Waals surface area contributed by atoms with Crippen molar-refractivity contribution in [2.24, 2.45) is 0 Å². The first-order chi connectivity index (χ1) is 15.0. The zero-order valence-corrected chi connectivity index (χ0v) is 17.0. The van der Waals surface area contributed by atoms with E-state index in [0.29, 0.717) is 30.5 Å². The van der Waals surface area contributed by atoms with Crippen molar-refractivity contribution in [3.05, 3.63) is 58.9 Å². The number of hydrogen-bond acceptors (Lipinski definition) is 4. The number of aromatic nitrogens is 2. The molecule has 1 saturated heterocycles. The second kappa shape index (κ2) is 9.13. The summed E-state index contributed by atoms with van der Waals surface area (Å²) >= 11 is 5.96. The molecule has 0 atom stereocenters. The molecule has 3 aromatic rings. The number of alkyl halides is 3. The van der Waals surface area contributed by atoms with E-state index in [4.69, 9.17) is 21.5 Å². The highest BCUT2D eigenvalue weighted by Gasteiger charge is 2.40. The van der Waals surface area contributed by atoms with Crippen LogP contribution < -0.4 is 10.6 Å². The maximum Gasteiger partial charge on any atom is 0.490 e. The molecule has 2 heterocycles. The highest BCUT2D eigenvalue weighted by molar-refractivity contribution is 6.31. The summed E-state index contributed by atoms with van der Waals surface area (Å²) in [5.41, 5.74) is 2.14. The molecule has 4 rings (SSSR count). The van der Waals surface area contributed by atoms with Crippen LogP contribution in [-0.2, 0) is 15.0 Å². The van der Waals surface area contributed by atoms with Crippen molar-refractivity contribution >= 4 is 40.5 Å². The number of fused-ring (bicyclic) bond motifs is 1. The number of hydrogen-bond donors (Lipinski definition) is 4. The van der Waals surface area contributed by atoms with Gasteiger partial charge >= 0.3 is 12.1 Å². The number of amides is 1. The number of anilines is 1. The summed E-state index contributed by atoms with van der Waals surface area (Å²) in [5.74, 6) is -2.79. The van der Waals surface area contributed by atoms with Crippen molar-refractivity contribution in [3.63, 3.8) is 0 Å². The Morgan fingerprint density at radius 3 is 2.31 bits per heavy atom. The molecule has 2 aromatic carbocycles. The SMILES string of the molecule is O=C(CC1(c2ccc(F)cc2)CNC1)Nc1nc2ccc(Cl)cc2[nH]1.O=C(O)C(F)(F)F. The van der Waals surface area contributed by atoms with Gasteiger partial charge in [0, 0.05) is 29.9 Å². The molecule has 12 heteroatoms. The van der Waals surface area contributed by atoms with Crippen molar-refractivity contribution in [2.75, 3.05) is 18.4 Å². The third kappa shape index (κ3) is 5.54. The normalized spacial score (nSPS) is 14.8. The molecule has 1 amide bonds. The number of aromatic amines is 1. The van der Waals surface area contributed by atoms with Gasteiger partial charge in [0.1, 0.15) is 5.82 Å². The highest BCUT2D eigenvalue weighted by Crippen LogP contribution is 2.32. The Bertz CT molecular complexity index is 1130. The second-order valence-corrected chi connectivity index (χ2v) is 7.60. The van der Waals surface area contributed by atoms with Crippen LogP contribution >= 0.6 is 11.6 Å². The summed E-state index contributed by atoms with van der Waals surface area (Å²) in [6.07, 6.45) is -4.79. The van der Waals surface area contributed by atoms with Gasteiger partial charge in [0.25, 0.3) is 0 Å². The first-order valence-corrected chi connectivity index (χ1v) is 9.58. The van der Waals surface area contributed by atoms with Gasteiger partial charge in [-0.3, -0.25) is 10.1 Å². The van der Waals surface area contributed by atoms with Gasteiger partial charge in [-0.1, -0.05) is 23.7 Å². The standard InChI is InChI=1S/C18H16ClFN4O.C2HF3O2/c19-12-3-6-14-15(7-12)23-17(22-14)24-16(25)8-18(9-21-10-18)11-1-4-13(20)5-2-11;3-2(4,5)1(6)7/h1-7,21H,8-10H2,(H2,22,23,24,25);(H,6,7). The number of nitrogens with zero attached hydrogens (tertiary/aromatic N) is 1. The van der Waals surface area contributed by atoms with Gasteiger partial charge < -0.3 is 15.4 Å². The number of rotatable bonds is 4. The number of nitrogens with one attached hydrogen (secondary N) is 3. The Kier molecular flexibility index (Phi) is 6.70. The molecule has 0 unspecified atom stereocenters. The van der Waals surface area contributed by atoms with Gasteiger partial charge in [-0.2, -0.15) is 13.2 Å². The van der Waals surface area contributed by atoms with E-state index in [1.807, 2.05) is 0 Å². The van der Waals surface area contributed by atoms with Crippen LogP contribution in [0.25, 0.3) is 11.0 Å². The molecule has 32 heavy (non-hydrogen) atoms. The van der Waals surface area contributed by atoms with Crippen LogP contribution in [0.1, 0.15) is 12.0 Å². The summed E-state index contributed by atoms with van der Waals surface area (Å²) in [7, 11) is 0. The van der Waals surface area contributed by atoms with Crippen LogP contribution in [0.2, 0.25) is 5.02 Å². The molecule has 7 nitrogen and oxygen atoms in total. The van der Waals surface area contributed by atoms with Crippen LogP contribution in [0.5, 0.6) is 0 Å². The third-order valence-electron chi connectivity index (χ3n) is 4.83. The lowest BCUT2D eigenvalue weighted by atomic mass is 9.72. The minimum atomic E-state index is -5.08. The highest BCUT2D eigenvalue weighted by atomic mass is 35.5. The van der Waals surface area contributed by atoms with Crippen molar-refractivity contribution in [1.82, 2.24) is 15.3 Å². The second-order valence-electron chi connectivity index (χ2n) is 7.17. The largest absolute Gasteiger partial charge is 0.490 e. The molecule has 0 bridgehead atoms. The zero-order chi connectivity index (χ0) is 23.5. The Labute approximate surface area is 183 Å². The van der Waals surface area contributed by atoms with E-state index in [-0.39, 0.29) is 17.1 Å². The van der Waals surface area contributed by atoms with Crippen LogP contribution in [-0.4, -0.2) is 46.2 Å². The molecule has 1 aromatic heterocycles. The van der Waals surface area contributed by atoms with Crippen LogP contribution in [0.3, 0.4) is 0 Å². The molecular weight excluding hydrogens is 456 g/mol. The first kappa shape index (κ1) is 23.5. The third-order valence-corrected chi connectivity index (χ3v) is 5.06. The van der Waals surface area contributed by atoms with E-state index < -0.39 is 12.1 Å². The van der Waals surface area contributed by atoms with E-state index in [9.17, 15) is 22.4 Å². The predicted molar refractivity (Wildman–Crippen MR) is 109 cm³/mol. The fourth-order valence-electron chi connectivity index (χ4n) is 3.19. The monoisotopic (exact) mass is 472 g/mol. The maximum atomic E-state index is 13.2. The van der Waals surface area contributed by atoms with Crippen molar-refractivity contribution in [1.29, 1.82) is 0 Å². The lowest BCUT2D eigenvalue weighted by Crippen LogP contribution is -2.58. The average molecular weight is 473 g/mol. The number of imidazole rings is 1. The Morgan fingerprint density at radius 2 is 1.78 bits per heavy atom. The Balaban J connectivity index is 0.000000360. The first-order valence-electron chi connectivity index (χ1n) is 9.20. The lowest BCUT2D eigenvalue weighted by Gasteiger charge is -2.42. The summed E-state index contributed by atoms with van der Waals surface area (Å²) < 4.78 is 44.9. The van der Waals surface area contributed by atoms with Gasteiger partial charge in [0.2, 0.25) is 11.9 Å². The van der Waals surface area contributed by atoms with Gasteiger partial charge in [-0.15, -0.1) is 0 Å². The summed E-state index contributed by atoms with van der Waals surface area (Å²) in [6.45, 7) is 1.36. The summed E-state index contributed by atoms with van der Waals surface area (Å²) in [4.78, 5) is 28.8. The Morgan fingerprint density at radius 1 is 1.16 bits per heavy atom. The number of carbonyl (C=O) groups is 2. The van der Waals surface area contributed by atoms with E-state index in [1.54, 1.807) is 30.3 Å². The Hall–Kier alpha value is -3.18. The van der Waals surface area contributed by atoms with Crippen molar-refractivity contribution in [2.45, 2.75) is 18.0 Å². The number of carboxylic acids is 1. The van der Waals surface area contributed by atoms with Crippen molar-refractivity contribution < 1.29 is 32.3 Å². The molecule has 0 saturated carbocycles. The topological polar surface area (TPSA) is 107 Å². The quantitative estimate of drug-likeness (QED) is 0.431. The van der Waals surface area contributed by atoms with Crippen molar-refractivity contribution in [3.8, 4) is 0 Å². The molecule has 1 fully saturated rings. The minimum Gasteiger partial charge on any atom is -0.475 e. The van der Waals surface area contributed by atoms with Crippen LogP contribution in [0.4, 0.5) is 23.5 Å². The zero-order valence-electron chi connectivity index (χ0n) is 16.3. The number of carboxylic acid groups (broad SMARTS) is 1. The molecular formula is C20H17ClF4N4O3. The number of halogens is 5. The summed E-state index contributed by atoms with van der Waals surface area (Å²) in [5, 5.41) is 13.7. The molecule has 4 N–H and O–H groups in total. The molecule has 0 aliphatic carbocycles. The van der Waals surface area contributed by atoms with E-state index in [0.717, 1.165) is 16.6 Å². The van der Waals surface area contributed by atoms with Gasteiger partial charge in [-0.25, -0.2) is 14.2 Å². The molecule has 0 radical (unpaired) electrons. The number of benzene rings is 2. The lowest BCUT2D eigenvalue weighted by molar-refractivity contribution is -0.192. The van der Waals surface area contributed by atoms with Gasteiger partial charge in [0.05, 0.1) is 11.0 Å². The van der Waals surface area contributed by atoms with E-state index >= 15 is 0 Å². The van der Waals surface area contributed by atoms with E-state index in [1.165, 1.54) is 12.1 Å². The number of H-pyrrole nitrogens is 1. The predicted octanol–water partition coefficient (Wildman–Crippen LogP) is 3.86. The van der Waals surface area contributed by atoms with Gasteiger partial charge in [0.15, 0.2) is 0 Å². The summed E-state index contributed by atoms with van der Waals surface area (Å²) in [6, 6.07) is 11.6. The van der Waals surface area contributed by atoms with Crippen LogP contribution in [0.15, 0.2) is 42.5 Å². The number of aliphatic carboxylic acids is 1.